The molecule has 1 unspecified atom stereocenters. The third-order valence-corrected chi connectivity index (χ3v) is 8.08. The van der Waals surface area contributed by atoms with Crippen LogP contribution >= 0.6 is 23.2 Å². The lowest BCUT2D eigenvalue weighted by molar-refractivity contribution is 0.101. The van der Waals surface area contributed by atoms with Gasteiger partial charge in [0.05, 0.1) is 18.3 Å². The fourth-order valence-electron chi connectivity index (χ4n) is 5.61. The van der Waals surface area contributed by atoms with Gasteiger partial charge in [-0.2, -0.15) is 4.98 Å². The van der Waals surface area contributed by atoms with Crippen LogP contribution in [0.4, 0.5) is 11.8 Å². The van der Waals surface area contributed by atoms with Crippen molar-refractivity contribution in [3.8, 4) is 0 Å². The van der Waals surface area contributed by atoms with Gasteiger partial charge in [0.25, 0.3) is 0 Å². The minimum absolute atomic E-state index is 0.0195. The number of benzene rings is 1. The lowest BCUT2D eigenvalue weighted by atomic mass is 9.81. The van der Waals surface area contributed by atoms with Crippen molar-refractivity contribution in [2.45, 2.75) is 45.1 Å². The minimum atomic E-state index is 0.0195. The number of aliphatic hydroxyl groups excluding tert-OH is 1. The number of nitrogens with zero attached hydrogens (tertiary/aromatic N) is 4. The molecule has 3 heterocycles. The first-order chi connectivity index (χ1) is 16.0. The molecule has 2 saturated heterocycles. The van der Waals surface area contributed by atoms with Crippen molar-refractivity contribution in [2.75, 3.05) is 49.5 Å². The van der Waals surface area contributed by atoms with Crippen LogP contribution in [0.1, 0.15) is 49.0 Å². The van der Waals surface area contributed by atoms with E-state index in [0.29, 0.717) is 21.9 Å². The van der Waals surface area contributed by atoms with E-state index in [9.17, 15) is 5.11 Å². The summed E-state index contributed by atoms with van der Waals surface area (Å²) in [5.41, 5.74) is 3.45. The average molecular weight is 490 g/mol. The van der Waals surface area contributed by atoms with Crippen molar-refractivity contribution in [2.24, 2.45) is 11.8 Å². The maximum atomic E-state index is 9.28. The summed E-state index contributed by atoms with van der Waals surface area (Å²) in [7, 11) is 0. The fraction of sp³-hybridized carbons (Fsp3) is 0.600. The summed E-state index contributed by atoms with van der Waals surface area (Å²) in [4.78, 5) is 14.7. The van der Waals surface area contributed by atoms with Gasteiger partial charge in [0, 0.05) is 41.8 Å². The molecule has 3 aliphatic rings. The molecule has 2 aromatic rings. The molecule has 0 amide bonds. The highest BCUT2D eigenvalue weighted by atomic mass is 35.5. The van der Waals surface area contributed by atoms with E-state index in [4.69, 9.17) is 33.2 Å². The Labute approximate surface area is 206 Å². The maximum Gasteiger partial charge on any atom is 0.227 e. The van der Waals surface area contributed by atoms with Crippen LogP contribution in [-0.4, -0.2) is 59.3 Å². The Kier molecular flexibility index (Phi) is 6.98. The molecule has 2 N–H and O–H groups in total. The number of piperidine rings is 1. The average Bonchev–Trinajstić information content (AvgIpc) is 3.22. The van der Waals surface area contributed by atoms with Crippen molar-refractivity contribution in [1.82, 2.24) is 14.9 Å². The number of likely N-dealkylation sites (tertiary alicyclic amines) is 1. The standard InChI is InChI=1S/C25H33Cl2N5O/c1-16(20-8-7-19(26)12-22(20)27)28-24-21-5-2-6-23(21)29-25(30-24)32-14-18(15-32)17-4-3-9-31(13-17)10-11-33/h7-8,12,16-18,33H,2-6,9-11,13-15H2,1H3,(H,28,29,30)/t16?,17-/m0/s1. The van der Waals surface area contributed by atoms with Gasteiger partial charge < -0.3 is 20.2 Å². The quantitative estimate of drug-likeness (QED) is 0.592. The summed E-state index contributed by atoms with van der Waals surface area (Å²) in [6.07, 6.45) is 5.69. The van der Waals surface area contributed by atoms with Gasteiger partial charge in [-0.3, -0.25) is 0 Å². The molecule has 2 fully saturated rings. The minimum Gasteiger partial charge on any atom is -0.395 e. The molecule has 1 aromatic heterocycles. The summed E-state index contributed by atoms with van der Waals surface area (Å²) in [6, 6.07) is 5.67. The van der Waals surface area contributed by atoms with Crippen molar-refractivity contribution in [3.63, 3.8) is 0 Å². The molecule has 0 radical (unpaired) electrons. The Morgan fingerprint density at radius 3 is 2.76 bits per heavy atom. The SMILES string of the molecule is CC(Nc1nc(N2CC([C@H]3CCCN(CCO)C3)C2)nc2c1CCC2)c1ccc(Cl)cc1Cl. The first kappa shape index (κ1) is 23.2. The van der Waals surface area contributed by atoms with Gasteiger partial charge in [0.2, 0.25) is 5.95 Å². The van der Waals surface area contributed by atoms with Gasteiger partial charge in [0.15, 0.2) is 0 Å². The van der Waals surface area contributed by atoms with E-state index in [1.165, 1.54) is 24.1 Å². The van der Waals surface area contributed by atoms with Crippen LogP contribution in [0.15, 0.2) is 18.2 Å². The summed E-state index contributed by atoms with van der Waals surface area (Å²) in [6.45, 7) is 7.43. The van der Waals surface area contributed by atoms with Crippen molar-refractivity contribution in [1.29, 1.82) is 0 Å². The number of aryl methyl sites for hydroxylation is 1. The van der Waals surface area contributed by atoms with E-state index >= 15 is 0 Å². The molecule has 33 heavy (non-hydrogen) atoms. The Bertz CT molecular complexity index is 995. The van der Waals surface area contributed by atoms with Gasteiger partial charge in [-0.1, -0.05) is 29.3 Å². The third kappa shape index (κ3) is 4.95. The number of halogens is 2. The Morgan fingerprint density at radius 1 is 1.12 bits per heavy atom. The van der Waals surface area contributed by atoms with E-state index < -0.39 is 0 Å². The molecular formula is C25H33Cl2N5O. The molecule has 178 valence electrons. The molecule has 1 aromatic carbocycles. The van der Waals surface area contributed by atoms with Gasteiger partial charge >= 0.3 is 0 Å². The number of rotatable bonds is 7. The summed E-state index contributed by atoms with van der Waals surface area (Å²) >= 11 is 12.5. The van der Waals surface area contributed by atoms with E-state index in [1.54, 1.807) is 6.07 Å². The number of fused-ring (bicyclic) bond motifs is 1. The van der Waals surface area contributed by atoms with E-state index in [1.807, 2.05) is 12.1 Å². The molecule has 6 nitrogen and oxygen atoms in total. The second kappa shape index (κ2) is 9.95. The highest BCUT2D eigenvalue weighted by Crippen LogP contribution is 2.36. The zero-order valence-electron chi connectivity index (χ0n) is 19.2. The highest BCUT2D eigenvalue weighted by Gasteiger charge is 2.37. The topological polar surface area (TPSA) is 64.5 Å². The van der Waals surface area contributed by atoms with Gasteiger partial charge in [-0.05, 0) is 75.1 Å². The van der Waals surface area contributed by atoms with Crippen LogP contribution in [0, 0.1) is 11.8 Å². The van der Waals surface area contributed by atoms with Crippen LogP contribution in [0.2, 0.25) is 10.0 Å². The maximum absolute atomic E-state index is 9.28. The summed E-state index contributed by atoms with van der Waals surface area (Å²) in [5, 5.41) is 14.2. The predicted octanol–water partition coefficient (Wildman–Crippen LogP) is 4.59. The summed E-state index contributed by atoms with van der Waals surface area (Å²) < 4.78 is 0. The summed E-state index contributed by atoms with van der Waals surface area (Å²) in [5.74, 6) is 3.19. The van der Waals surface area contributed by atoms with Crippen molar-refractivity contribution < 1.29 is 5.11 Å². The number of β-amino-alcohol motifs (C(OH)–C–C–N with tert-alkyl or cyclic N) is 1. The smallest absolute Gasteiger partial charge is 0.227 e. The molecule has 8 heteroatoms. The zero-order valence-corrected chi connectivity index (χ0v) is 20.7. The predicted molar refractivity (Wildman–Crippen MR) is 135 cm³/mol. The first-order valence-electron chi connectivity index (χ1n) is 12.2. The van der Waals surface area contributed by atoms with Crippen LogP contribution in [-0.2, 0) is 12.8 Å². The lowest BCUT2D eigenvalue weighted by Gasteiger charge is -2.46. The molecule has 0 bridgehead atoms. The molecule has 0 spiro atoms. The number of aliphatic hydroxyl groups is 1. The molecule has 1 aliphatic carbocycles. The molecular weight excluding hydrogens is 457 g/mol. The van der Waals surface area contributed by atoms with Gasteiger partial charge in [-0.15, -0.1) is 0 Å². The fourth-order valence-corrected chi connectivity index (χ4v) is 6.18. The van der Waals surface area contributed by atoms with Crippen LogP contribution < -0.4 is 10.2 Å². The molecule has 2 aliphatic heterocycles. The van der Waals surface area contributed by atoms with E-state index in [0.717, 1.165) is 69.3 Å². The largest absolute Gasteiger partial charge is 0.395 e. The van der Waals surface area contributed by atoms with Crippen LogP contribution in [0.25, 0.3) is 0 Å². The number of anilines is 2. The number of hydrogen-bond donors (Lipinski definition) is 2. The number of nitrogens with one attached hydrogen (secondary N) is 1. The number of aromatic nitrogens is 2. The second-order valence-electron chi connectivity index (χ2n) is 9.77. The Hall–Kier alpha value is -1.60. The molecule has 2 atom stereocenters. The number of hydrogen-bond acceptors (Lipinski definition) is 6. The monoisotopic (exact) mass is 489 g/mol. The third-order valence-electron chi connectivity index (χ3n) is 7.52. The van der Waals surface area contributed by atoms with E-state index in [2.05, 4.69) is 22.0 Å². The normalized spacial score (nSPS) is 22.2. The Balaban J connectivity index is 1.29. The zero-order chi connectivity index (χ0) is 22.9. The molecule has 5 rings (SSSR count). The molecule has 0 saturated carbocycles. The van der Waals surface area contributed by atoms with Crippen LogP contribution in [0.3, 0.4) is 0 Å². The van der Waals surface area contributed by atoms with Gasteiger partial charge in [-0.25, -0.2) is 4.98 Å². The van der Waals surface area contributed by atoms with Crippen molar-refractivity contribution >= 4 is 35.0 Å². The van der Waals surface area contributed by atoms with Gasteiger partial charge in [0.1, 0.15) is 5.82 Å². The van der Waals surface area contributed by atoms with Crippen molar-refractivity contribution in [3.05, 3.63) is 45.1 Å². The lowest BCUT2D eigenvalue weighted by Crippen LogP contribution is -2.54. The second-order valence-corrected chi connectivity index (χ2v) is 10.6. The van der Waals surface area contributed by atoms with E-state index in [-0.39, 0.29) is 12.6 Å². The Morgan fingerprint density at radius 2 is 1.97 bits per heavy atom. The first-order valence-corrected chi connectivity index (χ1v) is 13.0. The van der Waals surface area contributed by atoms with Crippen LogP contribution in [0.5, 0.6) is 0 Å². The highest BCUT2D eigenvalue weighted by molar-refractivity contribution is 6.35.